The van der Waals surface area contributed by atoms with Crippen LogP contribution >= 0.6 is 11.6 Å². The predicted molar refractivity (Wildman–Crippen MR) is 174 cm³/mol. The van der Waals surface area contributed by atoms with E-state index < -0.39 is 18.0 Å². The number of hydrogen-bond donors (Lipinski definition) is 1. The molecule has 2 heterocycles. The van der Waals surface area contributed by atoms with Gasteiger partial charge in [0.2, 0.25) is 5.91 Å². The number of aryl methyl sites for hydroxylation is 1. The highest BCUT2D eigenvalue weighted by atomic mass is 35.5. The zero-order valence-electron chi connectivity index (χ0n) is 26.8. The average molecular weight is 637 g/mol. The van der Waals surface area contributed by atoms with E-state index in [0.29, 0.717) is 42.8 Å². The number of fused-ring (bicyclic) bond motifs is 4. The van der Waals surface area contributed by atoms with Crippen LogP contribution in [-0.4, -0.2) is 75.5 Å². The van der Waals surface area contributed by atoms with Gasteiger partial charge >= 0.3 is 5.97 Å². The molecule has 1 spiro atoms. The number of ether oxygens (including phenoxy) is 3. The Hall–Kier alpha value is -3.07. The van der Waals surface area contributed by atoms with Crippen molar-refractivity contribution in [1.82, 2.24) is 4.90 Å². The highest BCUT2D eigenvalue weighted by Crippen LogP contribution is 2.48. The van der Waals surface area contributed by atoms with Gasteiger partial charge in [-0.3, -0.25) is 4.79 Å². The number of anilines is 1. The SMILES string of the molecule is COC(=O)[C@]1(O)CC(=O)N(C)C[C@H](C)/C=C/[C@H](OC)[C@@H]2CC[C@H]2CN2C[C@@]3(CCCc4cc(Cl)ccc43)COc3ccc1cc32. The maximum absolute atomic E-state index is 13.5. The van der Waals surface area contributed by atoms with E-state index in [2.05, 4.69) is 36.1 Å². The molecule has 2 aliphatic heterocycles. The summed E-state index contributed by atoms with van der Waals surface area (Å²) in [6.45, 7) is 4.49. The number of benzene rings is 2. The van der Waals surface area contributed by atoms with E-state index in [9.17, 15) is 14.7 Å². The lowest BCUT2D eigenvalue weighted by Gasteiger charge is -2.46. The van der Waals surface area contributed by atoms with Gasteiger partial charge in [-0.15, -0.1) is 0 Å². The van der Waals surface area contributed by atoms with Crippen LogP contribution in [0, 0.1) is 17.8 Å². The maximum Gasteiger partial charge on any atom is 0.343 e. The molecule has 1 fully saturated rings. The van der Waals surface area contributed by atoms with Crippen LogP contribution in [0.15, 0.2) is 48.6 Å². The topological polar surface area (TPSA) is 88.5 Å². The van der Waals surface area contributed by atoms with Gasteiger partial charge in [0, 0.05) is 44.2 Å². The summed E-state index contributed by atoms with van der Waals surface area (Å²) in [6, 6.07) is 11.6. The van der Waals surface area contributed by atoms with Gasteiger partial charge in [0.05, 0.1) is 31.9 Å². The lowest BCUT2D eigenvalue weighted by molar-refractivity contribution is -0.168. The lowest BCUT2D eigenvalue weighted by atomic mass is 9.68. The molecule has 2 aliphatic carbocycles. The minimum Gasteiger partial charge on any atom is -0.490 e. The second-order valence-electron chi connectivity index (χ2n) is 13.7. The van der Waals surface area contributed by atoms with Gasteiger partial charge < -0.3 is 29.1 Å². The number of carbonyl (C=O) groups excluding carboxylic acids is 2. The molecule has 2 bridgehead atoms. The van der Waals surface area contributed by atoms with Crippen molar-refractivity contribution in [2.45, 2.75) is 62.6 Å². The average Bonchev–Trinajstić information content (AvgIpc) is 3.16. The highest BCUT2D eigenvalue weighted by Gasteiger charge is 2.46. The molecule has 9 heteroatoms. The molecule has 242 valence electrons. The number of amides is 1. The van der Waals surface area contributed by atoms with Crippen molar-refractivity contribution in [2.75, 3.05) is 52.4 Å². The number of esters is 1. The Bertz CT molecular complexity index is 1480. The zero-order valence-corrected chi connectivity index (χ0v) is 27.5. The molecule has 8 nitrogen and oxygen atoms in total. The van der Waals surface area contributed by atoms with Crippen molar-refractivity contribution >= 4 is 29.2 Å². The number of methoxy groups -OCH3 is 2. The van der Waals surface area contributed by atoms with Crippen molar-refractivity contribution in [3.05, 3.63) is 70.3 Å². The van der Waals surface area contributed by atoms with Gasteiger partial charge in [-0.2, -0.15) is 0 Å². The van der Waals surface area contributed by atoms with Crippen LogP contribution in [-0.2, 0) is 36.5 Å². The van der Waals surface area contributed by atoms with Gasteiger partial charge in [-0.1, -0.05) is 42.8 Å². The van der Waals surface area contributed by atoms with E-state index in [1.54, 1.807) is 25.1 Å². The molecular weight excluding hydrogens is 592 g/mol. The zero-order chi connectivity index (χ0) is 31.9. The summed E-state index contributed by atoms with van der Waals surface area (Å²) >= 11 is 6.44. The van der Waals surface area contributed by atoms with E-state index >= 15 is 0 Å². The van der Waals surface area contributed by atoms with E-state index in [1.807, 2.05) is 18.2 Å². The molecule has 1 amide bonds. The number of rotatable bonds is 2. The first-order valence-electron chi connectivity index (χ1n) is 16.1. The molecule has 4 aliphatic rings. The van der Waals surface area contributed by atoms with E-state index in [0.717, 1.165) is 49.4 Å². The highest BCUT2D eigenvalue weighted by molar-refractivity contribution is 6.30. The minimum atomic E-state index is -2.16. The van der Waals surface area contributed by atoms with Crippen LogP contribution in [0.3, 0.4) is 0 Å². The third-order valence-electron chi connectivity index (χ3n) is 10.7. The molecule has 0 unspecified atom stereocenters. The minimum absolute atomic E-state index is 0.0231. The van der Waals surface area contributed by atoms with E-state index in [1.165, 1.54) is 18.2 Å². The summed E-state index contributed by atoms with van der Waals surface area (Å²) < 4.78 is 17.7. The Morgan fingerprint density at radius 3 is 2.67 bits per heavy atom. The summed E-state index contributed by atoms with van der Waals surface area (Å²) in [5, 5.41) is 12.7. The van der Waals surface area contributed by atoms with Gasteiger partial charge in [-0.05, 0) is 90.8 Å². The standard InChI is InChI=1S/C36H45ClN2O6/c1-23-7-13-31(43-3)28-11-8-25(28)20-39-21-35(15-5-6-24-16-27(37)10-12-29(24)35)22-45-32-14-9-26(17-30(32)39)36(42,34(41)44-4)18-33(40)38(2)19-23/h7,9-10,12-14,16-17,23,25,28,31,42H,5-6,8,11,15,18-22H2,1-4H3/b13-7+/t23-,25+,28-,31+,35+,36+/m1/s1. The first-order chi connectivity index (χ1) is 21.6. The van der Waals surface area contributed by atoms with Crippen molar-refractivity contribution < 1.29 is 28.9 Å². The normalized spacial score (nSPS) is 32.4. The second-order valence-corrected chi connectivity index (χ2v) is 14.1. The van der Waals surface area contributed by atoms with Gasteiger partial charge in [0.25, 0.3) is 0 Å². The summed E-state index contributed by atoms with van der Waals surface area (Å²) in [7, 11) is 4.71. The molecule has 0 radical (unpaired) electrons. The summed E-state index contributed by atoms with van der Waals surface area (Å²) in [5.41, 5.74) is 1.25. The Morgan fingerprint density at radius 2 is 1.93 bits per heavy atom. The van der Waals surface area contributed by atoms with E-state index in [-0.39, 0.29) is 23.3 Å². The fourth-order valence-electron chi connectivity index (χ4n) is 8.01. The maximum atomic E-state index is 13.5. The van der Waals surface area contributed by atoms with Gasteiger partial charge in [-0.25, -0.2) is 4.79 Å². The van der Waals surface area contributed by atoms with Crippen LogP contribution in [0.2, 0.25) is 5.02 Å². The predicted octanol–water partition coefficient (Wildman–Crippen LogP) is 5.27. The fourth-order valence-corrected chi connectivity index (χ4v) is 8.21. The molecule has 2 aromatic carbocycles. The third kappa shape index (κ3) is 5.97. The quantitative estimate of drug-likeness (QED) is 0.355. The molecule has 0 aromatic heterocycles. The molecule has 1 saturated carbocycles. The third-order valence-corrected chi connectivity index (χ3v) is 10.9. The molecular formula is C36H45ClN2O6. The Balaban J connectivity index is 1.47. The summed E-state index contributed by atoms with van der Waals surface area (Å²) in [4.78, 5) is 30.7. The van der Waals surface area contributed by atoms with Crippen LogP contribution < -0.4 is 9.64 Å². The molecule has 2 aromatic rings. The fraction of sp³-hybridized carbons (Fsp3) is 0.556. The smallest absolute Gasteiger partial charge is 0.343 e. The first kappa shape index (κ1) is 31.9. The van der Waals surface area contributed by atoms with Crippen molar-refractivity contribution in [1.29, 1.82) is 0 Å². The largest absolute Gasteiger partial charge is 0.490 e. The molecule has 1 N–H and O–H groups in total. The number of hydrogen-bond acceptors (Lipinski definition) is 7. The van der Waals surface area contributed by atoms with Gasteiger partial charge in [0.15, 0.2) is 5.60 Å². The van der Waals surface area contributed by atoms with Crippen molar-refractivity contribution in [2.24, 2.45) is 17.8 Å². The Morgan fingerprint density at radius 1 is 1.11 bits per heavy atom. The summed E-state index contributed by atoms with van der Waals surface area (Å²) in [6.07, 6.45) is 8.96. The van der Waals surface area contributed by atoms with Gasteiger partial charge in [0.1, 0.15) is 5.75 Å². The number of carbonyl (C=O) groups is 2. The lowest BCUT2D eigenvalue weighted by Crippen LogP contribution is -2.49. The van der Waals surface area contributed by atoms with Crippen molar-refractivity contribution in [3.8, 4) is 5.75 Å². The number of aliphatic hydroxyl groups is 1. The van der Waals surface area contributed by atoms with Crippen LogP contribution in [0.25, 0.3) is 0 Å². The molecule has 6 rings (SSSR count). The summed E-state index contributed by atoms with van der Waals surface area (Å²) in [5.74, 6) is 0.269. The Labute approximate surface area is 271 Å². The monoisotopic (exact) mass is 636 g/mol. The molecule has 0 saturated heterocycles. The van der Waals surface area contributed by atoms with Crippen LogP contribution in [0.4, 0.5) is 5.69 Å². The number of nitrogens with zero attached hydrogens (tertiary/aromatic N) is 2. The van der Waals surface area contributed by atoms with Crippen LogP contribution in [0.5, 0.6) is 5.75 Å². The number of halogens is 1. The van der Waals surface area contributed by atoms with Crippen LogP contribution in [0.1, 0.15) is 55.7 Å². The molecule has 6 atom stereocenters. The molecule has 45 heavy (non-hydrogen) atoms. The second kappa shape index (κ2) is 12.6. The first-order valence-corrected chi connectivity index (χ1v) is 16.5. The Kier molecular flexibility index (Phi) is 8.94. The van der Waals surface area contributed by atoms with Crippen molar-refractivity contribution in [3.63, 3.8) is 0 Å². The van der Waals surface area contributed by atoms with E-state index in [4.69, 9.17) is 25.8 Å².